The molecule has 0 bridgehead atoms. The number of carbonyl (C=O) groups excluding carboxylic acids is 2. The van der Waals surface area contributed by atoms with Gasteiger partial charge in [0.15, 0.2) is 0 Å². The molecule has 38 heavy (non-hydrogen) atoms. The van der Waals surface area contributed by atoms with Crippen LogP contribution in [-0.2, 0) is 4.79 Å². The number of rotatable bonds is 5. The molecule has 2 aliphatic heterocycles. The van der Waals surface area contributed by atoms with Crippen LogP contribution in [0.4, 0.5) is 11.4 Å². The zero-order chi connectivity index (χ0) is 27.2. The van der Waals surface area contributed by atoms with Crippen LogP contribution in [0.2, 0.25) is 0 Å². The molecule has 0 atom stereocenters. The van der Waals surface area contributed by atoms with Gasteiger partial charge in [0.2, 0.25) is 0 Å². The van der Waals surface area contributed by atoms with E-state index in [1.54, 1.807) is 30.0 Å². The zero-order valence-electron chi connectivity index (χ0n) is 21.5. The summed E-state index contributed by atoms with van der Waals surface area (Å²) >= 11 is 0. The number of anilines is 2. The van der Waals surface area contributed by atoms with E-state index in [0.717, 1.165) is 11.3 Å². The molecule has 10 nitrogen and oxygen atoms in total. The highest BCUT2D eigenvalue weighted by molar-refractivity contribution is 6.32. The van der Waals surface area contributed by atoms with Gasteiger partial charge in [-0.2, -0.15) is 10.1 Å². The summed E-state index contributed by atoms with van der Waals surface area (Å²) in [7, 11) is 0. The Morgan fingerprint density at radius 2 is 1.68 bits per heavy atom. The van der Waals surface area contributed by atoms with Crippen molar-refractivity contribution in [2.75, 3.05) is 36.1 Å². The number of aromatic carboxylic acids is 1. The predicted octanol–water partition coefficient (Wildman–Crippen LogP) is 4.17. The first-order valence-corrected chi connectivity index (χ1v) is 12.4. The number of benzene rings is 2. The van der Waals surface area contributed by atoms with Gasteiger partial charge in [0.05, 0.1) is 34.3 Å². The van der Waals surface area contributed by atoms with Gasteiger partial charge < -0.3 is 19.4 Å². The van der Waals surface area contributed by atoms with Gasteiger partial charge in [-0.05, 0) is 48.9 Å². The summed E-state index contributed by atoms with van der Waals surface area (Å²) in [6, 6.07) is 14.0. The van der Waals surface area contributed by atoms with Gasteiger partial charge in [-0.3, -0.25) is 9.59 Å². The Morgan fingerprint density at radius 3 is 2.32 bits per heavy atom. The van der Waals surface area contributed by atoms with E-state index in [2.05, 4.69) is 15.2 Å². The number of hydrogen-bond donors (Lipinski definition) is 1. The van der Waals surface area contributed by atoms with E-state index in [4.69, 9.17) is 4.52 Å². The van der Waals surface area contributed by atoms with E-state index in [-0.39, 0.29) is 17.4 Å². The molecule has 0 spiro atoms. The highest BCUT2D eigenvalue weighted by Gasteiger charge is 2.29. The van der Waals surface area contributed by atoms with Crippen molar-refractivity contribution >= 4 is 40.9 Å². The molecule has 2 amide bonds. The number of amides is 2. The maximum atomic E-state index is 13.0. The number of carbonyl (C=O) groups is 3. The Bertz CT molecular complexity index is 1370. The van der Waals surface area contributed by atoms with Gasteiger partial charge in [-0.25, -0.2) is 4.79 Å². The average Bonchev–Trinajstić information content (AvgIpc) is 3.59. The number of piperazine rings is 1. The summed E-state index contributed by atoms with van der Waals surface area (Å²) in [5, 5.41) is 18.4. The predicted molar refractivity (Wildman–Crippen MR) is 144 cm³/mol. The van der Waals surface area contributed by atoms with Gasteiger partial charge in [0.25, 0.3) is 11.8 Å². The fourth-order valence-electron chi connectivity index (χ4n) is 4.24. The molecule has 3 heterocycles. The van der Waals surface area contributed by atoms with Crippen LogP contribution in [-0.4, -0.2) is 64.8 Å². The SMILES string of the molecule is CC.CC1=NN(c2cccc(C(=O)O)c2)C(=O)/C1=C\c1ccc(N2CCN(C(=O)c3cnoc3)CC2)cc1. The second kappa shape index (κ2) is 11.5. The third kappa shape index (κ3) is 5.49. The number of carboxylic acid groups (broad SMARTS) is 1. The van der Waals surface area contributed by atoms with E-state index >= 15 is 0 Å². The Balaban J connectivity index is 0.00000164. The van der Waals surface area contributed by atoms with Gasteiger partial charge in [-0.1, -0.05) is 37.2 Å². The van der Waals surface area contributed by atoms with Gasteiger partial charge in [-0.15, -0.1) is 0 Å². The van der Waals surface area contributed by atoms with Crippen molar-refractivity contribution in [1.29, 1.82) is 0 Å². The van der Waals surface area contributed by atoms with Crippen LogP contribution >= 0.6 is 0 Å². The molecule has 196 valence electrons. The third-order valence-corrected chi connectivity index (χ3v) is 6.22. The van der Waals surface area contributed by atoms with Crippen LogP contribution in [0.5, 0.6) is 0 Å². The van der Waals surface area contributed by atoms with Crippen molar-refractivity contribution in [2.45, 2.75) is 20.8 Å². The van der Waals surface area contributed by atoms with Crippen LogP contribution < -0.4 is 9.91 Å². The van der Waals surface area contributed by atoms with Gasteiger partial charge in [0, 0.05) is 31.9 Å². The first-order valence-electron chi connectivity index (χ1n) is 12.4. The largest absolute Gasteiger partial charge is 0.478 e. The third-order valence-electron chi connectivity index (χ3n) is 6.22. The molecule has 2 aromatic carbocycles. The van der Waals surface area contributed by atoms with E-state index in [9.17, 15) is 19.5 Å². The van der Waals surface area contributed by atoms with E-state index < -0.39 is 5.97 Å². The molecule has 5 rings (SSSR count). The van der Waals surface area contributed by atoms with Crippen LogP contribution in [0.1, 0.15) is 47.1 Å². The summed E-state index contributed by atoms with van der Waals surface area (Å²) in [5.41, 5.74) is 3.82. The highest BCUT2D eigenvalue weighted by atomic mass is 16.5. The minimum Gasteiger partial charge on any atom is -0.478 e. The number of hydrazone groups is 1. The molecular weight excluding hydrogens is 486 g/mol. The van der Waals surface area contributed by atoms with Crippen molar-refractivity contribution in [3.05, 3.63) is 83.3 Å². The smallest absolute Gasteiger partial charge is 0.335 e. The van der Waals surface area contributed by atoms with E-state index in [0.29, 0.717) is 48.7 Å². The first-order chi connectivity index (χ1) is 18.4. The Morgan fingerprint density at radius 1 is 0.974 bits per heavy atom. The van der Waals surface area contributed by atoms with Crippen LogP contribution in [0, 0.1) is 0 Å². The average molecular weight is 516 g/mol. The van der Waals surface area contributed by atoms with Crippen LogP contribution in [0.3, 0.4) is 0 Å². The highest BCUT2D eigenvalue weighted by Crippen LogP contribution is 2.26. The Hall–Kier alpha value is -4.73. The fraction of sp³-hybridized carbons (Fsp3) is 0.250. The van der Waals surface area contributed by atoms with Crippen LogP contribution in [0.25, 0.3) is 6.08 Å². The topological polar surface area (TPSA) is 120 Å². The monoisotopic (exact) mass is 515 g/mol. The molecule has 0 unspecified atom stereocenters. The second-order valence-electron chi connectivity index (χ2n) is 8.50. The summed E-state index contributed by atoms with van der Waals surface area (Å²) in [6.45, 7) is 8.34. The summed E-state index contributed by atoms with van der Waals surface area (Å²) in [5.74, 6) is -1.46. The lowest BCUT2D eigenvalue weighted by Crippen LogP contribution is -2.48. The Kier molecular flexibility index (Phi) is 8.00. The lowest BCUT2D eigenvalue weighted by atomic mass is 10.1. The van der Waals surface area contributed by atoms with Gasteiger partial charge in [0.1, 0.15) is 6.26 Å². The molecular formula is C28H29N5O5. The maximum absolute atomic E-state index is 13.0. The zero-order valence-corrected chi connectivity index (χ0v) is 21.5. The number of carboxylic acids is 1. The number of aromatic nitrogens is 1. The Labute approximate surface area is 220 Å². The summed E-state index contributed by atoms with van der Waals surface area (Å²) < 4.78 is 4.77. The standard InChI is InChI=1S/C26H23N5O5.C2H6/c1-17-23(25(33)31(28-17)22-4-2-3-19(14-22)26(34)35)13-18-5-7-21(8-6-18)29-9-11-30(12-10-29)24(32)20-15-27-36-16-20;1-2/h2-8,13-16H,9-12H2,1H3,(H,34,35);1-2H3/b23-13-;. The maximum Gasteiger partial charge on any atom is 0.335 e. The molecule has 3 aromatic rings. The summed E-state index contributed by atoms with van der Waals surface area (Å²) in [4.78, 5) is 40.8. The summed E-state index contributed by atoms with van der Waals surface area (Å²) in [6.07, 6.45) is 4.56. The number of hydrogen-bond acceptors (Lipinski definition) is 7. The minimum absolute atomic E-state index is 0.0835. The molecule has 1 N–H and O–H groups in total. The van der Waals surface area contributed by atoms with E-state index in [1.807, 2.05) is 38.1 Å². The molecule has 1 aromatic heterocycles. The van der Waals surface area contributed by atoms with Crippen molar-refractivity contribution in [2.24, 2.45) is 5.10 Å². The first kappa shape index (κ1) is 26.3. The molecule has 0 aliphatic carbocycles. The van der Waals surface area contributed by atoms with Crippen LogP contribution in [0.15, 0.2) is 76.2 Å². The van der Waals surface area contributed by atoms with Crippen molar-refractivity contribution in [1.82, 2.24) is 10.1 Å². The fourth-order valence-corrected chi connectivity index (χ4v) is 4.24. The molecule has 1 saturated heterocycles. The van der Waals surface area contributed by atoms with Gasteiger partial charge >= 0.3 is 5.97 Å². The number of nitrogens with zero attached hydrogens (tertiary/aromatic N) is 5. The van der Waals surface area contributed by atoms with E-state index in [1.165, 1.54) is 29.6 Å². The normalized spacial score (nSPS) is 16.3. The van der Waals surface area contributed by atoms with Crippen molar-refractivity contribution < 1.29 is 24.0 Å². The minimum atomic E-state index is -1.07. The second-order valence-corrected chi connectivity index (χ2v) is 8.50. The lowest BCUT2D eigenvalue weighted by Gasteiger charge is -2.36. The molecule has 2 aliphatic rings. The van der Waals surface area contributed by atoms with Crippen molar-refractivity contribution in [3.8, 4) is 0 Å². The molecule has 1 fully saturated rings. The molecule has 0 radical (unpaired) electrons. The molecule has 10 heteroatoms. The molecule has 0 saturated carbocycles. The van der Waals surface area contributed by atoms with Crippen molar-refractivity contribution in [3.63, 3.8) is 0 Å². The lowest BCUT2D eigenvalue weighted by molar-refractivity contribution is -0.114. The quantitative estimate of drug-likeness (QED) is 0.507.